The molecule has 1 heterocycles. The Bertz CT molecular complexity index is 484. The lowest BCUT2D eigenvalue weighted by molar-refractivity contribution is 0.295. The van der Waals surface area contributed by atoms with Crippen molar-refractivity contribution in [2.45, 2.75) is 13.2 Å². The average molecular weight is 230 g/mol. The Hall–Kier alpha value is -2.14. The van der Waals surface area contributed by atoms with E-state index in [1.807, 2.05) is 24.3 Å². The fourth-order valence-electron chi connectivity index (χ4n) is 1.37. The normalized spacial score (nSPS) is 10.2. The number of nitrogen functional groups attached to an aromatic ring is 1. The molecule has 5 heteroatoms. The molecule has 0 radical (unpaired) electrons. The Morgan fingerprint density at radius 1 is 1.12 bits per heavy atom. The fourth-order valence-corrected chi connectivity index (χ4v) is 1.37. The summed E-state index contributed by atoms with van der Waals surface area (Å²) < 4.78 is 5.49. The number of hydrogen-bond acceptors (Lipinski definition) is 5. The van der Waals surface area contributed by atoms with Gasteiger partial charge >= 0.3 is 0 Å². The van der Waals surface area contributed by atoms with Crippen molar-refractivity contribution < 1.29 is 4.74 Å². The highest BCUT2D eigenvalue weighted by Crippen LogP contribution is 2.16. The smallest absolute Gasteiger partial charge is 0.240 e. The molecule has 0 atom stereocenters. The van der Waals surface area contributed by atoms with E-state index in [-0.39, 0.29) is 0 Å². The highest BCUT2D eigenvalue weighted by molar-refractivity contribution is 5.44. The monoisotopic (exact) mass is 230 g/mol. The molecule has 5 nitrogen and oxygen atoms in total. The first-order valence-corrected chi connectivity index (χ1v) is 5.26. The number of benzene rings is 1. The van der Waals surface area contributed by atoms with E-state index in [0.717, 1.165) is 11.1 Å². The van der Waals surface area contributed by atoms with E-state index >= 15 is 0 Å². The van der Waals surface area contributed by atoms with Crippen LogP contribution in [0.1, 0.15) is 11.1 Å². The molecule has 4 N–H and O–H groups in total. The summed E-state index contributed by atoms with van der Waals surface area (Å²) in [4.78, 5) is 7.74. The molecule has 0 aliphatic rings. The van der Waals surface area contributed by atoms with Crippen LogP contribution >= 0.6 is 0 Å². The molecule has 0 fully saturated rings. The second kappa shape index (κ2) is 5.27. The van der Waals surface area contributed by atoms with Gasteiger partial charge in [-0.05, 0) is 11.1 Å². The Kier molecular flexibility index (Phi) is 3.52. The molecule has 0 spiro atoms. The standard InChI is InChI=1S/C12H14N4O/c13-5-9-1-3-10(4-2-9)7-17-12-11(14)6-15-8-16-12/h1-4,6,8H,5,7,13-14H2. The lowest BCUT2D eigenvalue weighted by atomic mass is 10.1. The number of nitrogens with zero attached hydrogens (tertiary/aromatic N) is 2. The molecule has 1 aromatic carbocycles. The SMILES string of the molecule is NCc1ccc(COc2ncncc2N)cc1. The van der Waals surface area contributed by atoms with Gasteiger partial charge in [0.05, 0.1) is 6.20 Å². The van der Waals surface area contributed by atoms with E-state index in [1.165, 1.54) is 12.5 Å². The van der Waals surface area contributed by atoms with Crippen LogP contribution in [-0.2, 0) is 13.2 Å². The zero-order valence-electron chi connectivity index (χ0n) is 9.34. The van der Waals surface area contributed by atoms with Crippen LogP contribution in [0, 0.1) is 0 Å². The first kappa shape index (κ1) is 11.3. The van der Waals surface area contributed by atoms with Crippen LogP contribution in [0.4, 0.5) is 5.69 Å². The van der Waals surface area contributed by atoms with Crippen molar-refractivity contribution in [3.05, 3.63) is 47.9 Å². The minimum atomic E-state index is 0.405. The number of anilines is 1. The minimum absolute atomic E-state index is 0.405. The molecule has 0 aliphatic heterocycles. The van der Waals surface area contributed by atoms with Gasteiger partial charge in [-0.15, -0.1) is 0 Å². The lowest BCUT2D eigenvalue weighted by Crippen LogP contribution is -2.02. The summed E-state index contributed by atoms with van der Waals surface area (Å²) in [5.74, 6) is 0.405. The first-order chi connectivity index (χ1) is 8.29. The van der Waals surface area contributed by atoms with Gasteiger partial charge in [-0.3, -0.25) is 0 Å². The van der Waals surface area contributed by atoms with Crippen LogP contribution in [0.15, 0.2) is 36.8 Å². The maximum Gasteiger partial charge on any atom is 0.240 e. The van der Waals surface area contributed by atoms with Crippen LogP contribution in [0.2, 0.25) is 0 Å². The average Bonchev–Trinajstić information content (AvgIpc) is 2.38. The van der Waals surface area contributed by atoms with Crippen molar-refractivity contribution in [3.8, 4) is 5.88 Å². The van der Waals surface area contributed by atoms with Crippen LogP contribution < -0.4 is 16.2 Å². The van der Waals surface area contributed by atoms with Crippen molar-refractivity contribution >= 4 is 5.69 Å². The van der Waals surface area contributed by atoms with Crippen molar-refractivity contribution in [1.29, 1.82) is 0 Å². The van der Waals surface area contributed by atoms with Crippen molar-refractivity contribution in [2.75, 3.05) is 5.73 Å². The van der Waals surface area contributed by atoms with Gasteiger partial charge in [0.1, 0.15) is 18.6 Å². The largest absolute Gasteiger partial charge is 0.471 e. The molecule has 0 saturated heterocycles. The van der Waals surface area contributed by atoms with E-state index in [2.05, 4.69) is 9.97 Å². The van der Waals surface area contributed by atoms with Crippen LogP contribution in [0.25, 0.3) is 0 Å². The van der Waals surface area contributed by atoms with Gasteiger partial charge in [0.25, 0.3) is 0 Å². The minimum Gasteiger partial charge on any atom is -0.471 e. The predicted octanol–water partition coefficient (Wildman–Crippen LogP) is 1.10. The topological polar surface area (TPSA) is 87.0 Å². The second-order valence-corrected chi connectivity index (χ2v) is 3.59. The van der Waals surface area contributed by atoms with E-state index in [4.69, 9.17) is 16.2 Å². The summed E-state index contributed by atoms with van der Waals surface area (Å²) in [6.07, 6.45) is 2.92. The van der Waals surface area contributed by atoms with Crippen molar-refractivity contribution in [1.82, 2.24) is 9.97 Å². The van der Waals surface area contributed by atoms with E-state index in [0.29, 0.717) is 24.7 Å². The highest BCUT2D eigenvalue weighted by Gasteiger charge is 2.01. The van der Waals surface area contributed by atoms with Gasteiger partial charge in [-0.2, -0.15) is 4.98 Å². The number of rotatable bonds is 4. The maximum atomic E-state index is 5.66. The molecule has 1 aromatic heterocycles. The van der Waals surface area contributed by atoms with Gasteiger partial charge in [-0.1, -0.05) is 24.3 Å². The third-order valence-corrected chi connectivity index (χ3v) is 2.34. The van der Waals surface area contributed by atoms with Gasteiger partial charge in [0.15, 0.2) is 0 Å². The van der Waals surface area contributed by atoms with Crippen LogP contribution in [0.5, 0.6) is 5.88 Å². The fraction of sp³-hybridized carbons (Fsp3) is 0.167. The zero-order valence-corrected chi connectivity index (χ0v) is 9.34. The van der Waals surface area contributed by atoms with E-state index < -0.39 is 0 Å². The molecule has 88 valence electrons. The third-order valence-electron chi connectivity index (χ3n) is 2.34. The number of ether oxygens (including phenoxy) is 1. The lowest BCUT2D eigenvalue weighted by Gasteiger charge is -2.07. The summed E-state index contributed by atoms with van der Waals surface area (Å²) >= 11 is 0. The molecule has 17 heavy (non-hydrogen) atoms. The Morgan fingerprint density at radius 2 is 1.82 bits per heavy atom. The quantitative estimate of drug-likeness (QED) is 0.821. The van der Waals surface area contributed by atoms with Gasteiger partial charge in [0, 0.05) is 6.54 Å². The number of hydrogen-bond donors (Lipinski definition) is 2. The summed E-state index contributed by atoms with van der Waals surface area (Å²) in [7, 11) is 0. The van der Waals surface area contributed by atoms with Gasteiger partial charge in [-0.25, -0.2) is 4.98 Å². The van der Waals surface area contributed by atoms with Gasteiger partial charge < -0.3 is 16.2 Å². The first-order valence-electron chi connectivity index (χ1n) is 5.26. The molecule has 2 rings (SSSR count). The Balaban J connectivity index is 2.00. The summed E-state index contributed by atoms with van der Waals surface area (Å²) in [6, 6.07) is 7.89. The molecule has 0 aliphatic carbocycles. The van der Waals surface area contributed by atoms with E-state index in [1.54, 1.807) is 0 Å². The highest BCUT2D eigenvalue weighted by atomic mass is 16.5. The second-order valence-electron chi connectivity index (χ2n) is 3.59. The Morgan fingerprint density at radius 3 is 2.47 bits per heavy atom. The number of aromatic nitrogens is 2. The maximum absolute atomic E-state index is 5.66. The molecular formula is C12H14N4O. The molecular weight excluding hydrogens is 216 g/mol. The Labute approximate surface area is 99.5 Å². The summed E-state index contributed by atoms with van der Waals surface area (Å²) in [6.45, 7) is 0.964. The van der Waals surface area contributed by atoms with Gasteiger partial charge in [0.2, 0.25) is 5.88 Å². The third kappa shape index (κ3) is 2.92. The zero-order chi connectivity index (χ0) is 12.1. The van der Waals surface area contributed by atoms with Crippen LogP contribution in [0.3, 0.4) is 0 Å². The summed E-state index contributed by atoms with van der Waals surface area (Å²) in [5.41, 5.74) is 13.8. The predicted molar refractivity (Wildman–Crippen MR) is 65.1 cm³/mol. The molecule has 0 unspecified atom stereocenters. The van der Waals surface area contributed by atoms with E-state index in [9.17, 15) is 0 Å². The van der Waals surface area contributed by atoms with Crippen molar-refractivity contribution in [3.63, 3.8) is 0 Å². The summed E-state index contributed by atoms with van der Waals surface area (Å²) in [5, 5.41) is 0. The molecule has 0 saturated carbocycles. The number of nitrogens with two attached hydrogens (primary N) is 2. The molecule has 0 amide bonds. The van der Waals surface area contributed by atoms with Crippen LogP contribution in [-0.4, -0.2) is 9.97 Å². The molecule has 0 bridgehead atoms. The van der Waals surface area contributed by atoms with Crippen molar-refractivity contribution in [2.24, 2.45) is 5.73 Å². The molecule has 2 aromatic rings.